The Balaban J connectivity index is 0.00000287. The molecule has 9 rings (SSSR count). The second-order valence-corrected chi connectivity index (χ2v) is 22.2. The Hall–Kier alpha value is -2.76. The number of nitrogens with one attached hydrogen (secondary N) is 1. The Morgan fingerprint density at radius 3 is 1.89 bits per heavy atom. The minimum absolute atomic E-state index is 0. The zero-order valence-electron chi connectivity index (χ0n) is 41.8. The van der Waals surface area contributed by atoms with Crippen LogP contribution >= 0.6 is 31.3 Å². The number of aromatic nitrogens is 12. The van der Waals surface area contributed by atoms with Crippen LogP contribution in [0.25, 0.3) is 33.5 Å². The number of H-pyrrole nitrogens is 1. The van der Waals surface area contributed by atoms with E-state index in [9.17, 15) is 68.2 Å². The van der Waals surface area contributed by atoms with Gasteiger partial charge in [-0.25, -0.2) is 38.1 Å². The third kappa shape index (κ3) is 13.9. The Bertz CT molecular complexity index is 3420. The molecule has 4 unspecified atom stereocenters. The van der Waals surface area contributed by atoms with E-state index in [1.54, 1.807) is 0 Å². The number of methoxy groups -OCH3 is 1. The van der Waals surface area contributed by atoms with Crippen molar-refractivity contribution in [2.75, 3.05) is 44.1 Å². The molecule has 0 aromatic carbocycles. The molecule has 0 radical (unpaired) electrons. The van der Waals surface area contributed by atoms with Gasteiger partial charge in [0.2, 0.25) is 12.2 Å². The maximum atomic E-state index is 13.5. The summed E-state index contributed by atoms with van der Waals surface area (Å²) in [6.45, 7) is -3.74. The number of fused-ring (bicyclic) bond motifs is 3. The number of ether oxygens (including phenoxy) is 4. The number of nitrogens with zero attached hydrogens (tertiary/aromatic N) is 11. The zero-order chi connectivity index (χ0) is 54.3. The molecule has 39 nitrogen and oxygen atoms in total. The van der Waals surface area contributed by atoms with Crippen LogP contribution in [0.4, 0.5) is 17.7 Å². The molecular weight excluding hydrogens is 1130 g/mol. The summed E-state index contributed by atoms with van der Waals surface area (Å²) < 4.78 is 106. The van der Waals surface area contributed by atoms with Crippen molar-refractivity contribution in [2.45, 2.75) is 73.6 Å². The summed E-state index contributed by atoms with van der Waals surface area (Å²) in [6.07, 6.45) is -16.8. The van der Waals surface area contributed by atoms with E-state index in [-0.39, 0.29) is 121 Å². The summed E-state index contributed by atoms with van der Waals surface area (Å²) in [5.41, 5.74) is 15.7. The summed E-state index contributed by atoms with van der Waals surface area (Å²) >= 11 is 0. The van der Waals surface area contributed by atoms with Crippen molar-refractivity contribution in [1.29, 1.82) is 0 Å². The average Bonchev–Trinajstić information content (AvgIpc) is 4.17. The van der Waals surface area contributed by atoms with Crippen LogP contribution in [0.15, 0.2) is 30.1 Å². The minimum Gasteiger partial charge on any atom is -0.856 e. The average molecular weight is 1170 g/mol. The number of imidazole rings is 3. The van der Waals surface area contributed by atoms with Gasteiger partial charge in [-0.05, 0) is 0 Å². The quantitative estimate of drug-likeness (QED) is 0.0212. The Morgan fingerprint density at radius 1 is 0.696 bits per heavy atom. The van der Waals surface area contributed by atoms with E-state index in [0.717, 1.165) is 39.8 Å². The third-order valence-electron chi connectivity index (χ3n) is 11.5. The monoisotopic (exact) mass is 1170 g/mol. The number of aromatic amines is 1. The number of aliphatic hydroxyl groups is 4. The Labute approximate surface area is 488 Å². The van der Waals surface area contributed by atoms with Crippen molar-refractivity contribution in [3.63, 3.8) is 0 Å². The number of aliphatic hydroxyl groups excluding tert-OH is 4. The molecular formula is C32H39Li4N15O24P4. The van der Waals surface area contributed by atoms with E-state index in [0.29, 0.717) is 0 Å². The molecule has 3 aliphatic rings. The summed E-state index contributed by atoms with van der Waals surface area (Å²) in [4.78, 5) is 93.8. The molecule has 0 spiro atoms. The molecule has 0 bridgehead atoms. The second kappa shape index (κ2) is 25.6. The molecule has 3 saturated heterocycles. The molecule has 9 heterocycles. The largest absolute Gasteiger partial charge is 1.00 e. The topological polar surface area (TPSA) is 577 Å². The maximum absolute atomic E-state index is 13.5. The van der Waals surface area contributed by atoms with Gasteiger partial charge in [-0.2, -0.15) is 4.98 Å². The van der Waals surface area contributed by atoms with Crippen LogP contribution in [-0.2, 0) is 71.0 Å². The molecule has 11 N–H and O–H groups in total. The molecule has 0 aliphatic carbocycles. The van der Waals surface area contributed by atoms with Gasteiger partial charge in [0.1, 0.15) is 66.8 Å². The standard InChI is InChI=1S/C32H43N15O24P4.4Li/c1-44-9-47(25-15(44)27(53)43-32(35)41-25)29-19(51)17(49)11(67-29)4-64-73(56,57)70-75(60,61)71-74(58,59)65-5-12-20(21(62-2)30(68-12)45-7-38-13-22(33)36-6-37-23(13)45)69-72(54,55)63-3-10-16(48)18(50)28(66-10)46-8-39-14-24(46)40-31(34)42-26(14)52;;;;/h6-12,16-21,28-30,48-51H,3-5H2,1-2H3,(H11-,33,34,35,36,37,40,41,42,43,52,53,54,55,56,57,58,59,60,61);;;;/q;4*+1/p-4/t10-,11-,12-,16-,17-,18-,19-,20-,21-,28-,29-,30-;;;;/m1..../s1. The van der Waals surface area contributed by atoms with Crippen LogP contribution < -0.4 is 127 Å². The summed E-state index contributed by atoms with van der Waals surface area (Å²) in [5, 5.41) is 55.4. The van der Waals surface area contributed by atoms with Crippen LogP contribution in [-0.4, -0.2) is 156 Å². The van der Waals surface area contributed by atoms with Crippen molar-refractivity contribution in [1.82, 2.24) is 53.6 Å². The van der Waals surface area contributed by atoms with Crippen molar-refractivity contribution in [2.24, 2.45) is 7.05 Å². The second-order valence-electron chi connectivity index (χ2n) is 16.3. The number of phosphoric acid groups is 4. The van der Waals surface area contributed by atoms with Gasteiger partial charge in [-0.15, -0.1) is 0 Å². The first-order valence-corrected chi connectivity index (χ1v) is 26.9. The molecule has 0 saturated carbocycles. The number of hydrogen-bond donors (Lipinski definition) is 8. The van der Waals surface area contributed by atoms with E-state index in [4.69, 9.17) is 45.2 Å². The van der Waals surface area contributed by atoms with Gasteiger partial charge >= 0.3 is 81.1 Å². The van der Waals surface area contributed by atoms with E-state index in [1.807, 2.05) is 0 Å². The first-order chi connectivity index (χ1) is 35.2. The van der Waals surface area contributed by atoms with Crippen LogP contribution in [0, 0.1) is 0 Å². The maximum Gasteiger partial charge on any atom is 1.00 e. The molecule has 3 aliphatic heterocycles. The van der Waals surface area contributed by atoms with E-state index in [1.165, 1.54) is 17.9 Å². The summed E-state index contributed by atoms with van der Waals surface area (Å²) in [6, 6.07) is 0. The van der Waals surface area contributed by atoms with E-state index < -0.39 is 142 Å². The molecule has 0 amide bonds. The van der Waals surface area contributed by atoms with Gasteiger partial charge in [0.25, 0.3) is 42.8 Å². The van der Waals surface area contributed by atoms with Crippen LogP contribution in [0.3, 0.4) is 0 Å². The third-order valence-corrected chi connectivity index (χ3v) is 16.6. The van der Waals surface area contributed by atoms with Crippen molar-refractivity contribution >= 4 is 82.5 Å². The van der Waals surface area contributed by atoms with Crippen molar-refractivity contribution in [3.8, 4) is 5.88 Å². The number of anilines is 3. The fraction of sp³-hybridized carbons (Fsp3) is 0.531. The van der Waals surface area contributed by atoms with Gasteiger partial charge in [0, 0.05) is 13.0 Å². The van der Waals surface area contributed by atoms with Gasteiger partial charge in [-0.1, -0.05) is 4.98 Å². The normalized spacial score (nSPS) is 28.9. The number of phosphoric ester groups is 3. The molecule has 3 fully saturated rings. The van der Waals surface area contributed by atoms with Crippen LogP contribution in [0.5, 0.6) is 5.88 Å². The fourth-order valence-corrected chi connectivity index (χ4v) is 12.5. The number of aryl methyl sites for hydroxylation is 1. The molecule has 6 aromatic rings. The van der Waals surface area contributed by atoms with Gasteiger partial charge < -0.3 is 99.3 Å². The number of nitrogens with two attached hydrogens (primary N) is 3. The first-order valence-electron chi connectivity index (χ1n) is 21.0. The van der Waals surface area contributed by atoms with Crippen LogP contribution in [0.2, 0.25) is 0 Å². The van der Waals surface area contributed by atoms with Gasteiger partial charge in [0.15, 0.2) is 46.9 Å². The molecule has 16 atom stereocenters. The molecule has 47 heteroatoms. The number of hydrogen-bond acceptors (Lipinski definition) is 34. The van der Waals surface area contributed by atoms with Gasteiger partial charge in [-0.3, -0.25) is 41.7 Å². The van der Waals surface area contributed by atoms with E-state index >= 15 is 0 Å². The van der Waals surface area contributed by atoms with E-state index in [2.05, 4.69) is 57.5 Å². The zero-order valence-corrected chi connectivity index (χ0v) is 45.3. The summed E-state index contributed by atoms with van der Waals surface area (Å²) in [7, 11) is -22.4. The Kier molecular flexibility index (Phi) is 21.7. The predicted octanol–water partition coefficient (Wildman–Crippen LogP) is -19.4. The fourth-order valence-electron chi connectivity index (χ4n) is 8.22. The van der Waals surface area contributed by atoms with Gasteiger partial charge in [0.05, 0.1) is 39.5 Å². The van der Waals surface area contributed by atoms with Crippen molar-refractivity contribution < 1.29 is 189 Å². The SMILES string of the molecule is CO[C@@H]1[C@H](OP(=O)([O-])OC[C@H]2O[C@@H](n3cnc4c(=O)[nH]c(N)nc43)[C@H](O)[C@@H]2O)[C@@H](COP(=O)([O-])OP(=O)([O-])OP(=O)([O-])OC[C@H]2O[C@@H]([n+]3cn(C)c4c([O-])nc(N)nc43)[C@H](O)[C@@H]2O)O[C@H]1n1cnc2c(N)ncnc21.[Li+].[Li+].[Li+].[Li+]. The minimum atomic E-state index is -6.59. The predicted molar refractivity (Wildman–Crippen MR) is 227 cm³/mol. The number of nitrogen functional groups attached to an aromatic ring is 3. The molecule has 6 aromatic heterocycles. The van der Waals surface area contributed by atoms with Crippen LogP contribution in [0.1, 0.15) is 18.7 Å². The van der Waals surface area contributed by atoms with Crippen molar-refractivity contribution in [3.05, 3.63) is 35.7 Å². The first kappa shape index (κ1) is 67.0. The molecule has 410 valence electrons. The molecule has 79 heavy (non-hydrogen) atoms. The Morgan fingerprint density at radius 2 is 1.25 bits per heavy atom. The smallest absolute Gasteiger partial charge is 0.856 e. The summed E-state index contributed by atoms with van der Waals surface area (Å²) in [5.74, 6) is -1.72. The number of rotatable bonds is 19.